The Balaban J connectivity index is 0.00000320. The molecule has 1 saturated carbocycles. The van der Waals surface area contributed by atoms with Crippen LogP contribution in [-0.4, -0.2) is 31.6 Å². The van der Waals surface area contributed by atoms with E-state index in [4.69, 9.17) is 10.5 Å². The van der Waals surface area contributed by atoms with Gasteiger partial charge in [0.1, 0.15) is 11.6 Å². The van der Waals surface area contributed by atoms with Crippen LogP contribution in [0.15, 0.2) is 53.5 Å². The van der Waals surface area contributed by atoms with E-state index in [2.05, 4.69) is 15.6 Å². The van der Waals surface area contributed by atoms with Crippen LogP contribution in [0.1, 0.15) is 30.9 Å². The molecule has 2 aromatic carbocycles. The molecule has 162 valence electrons. The molecular formula is C22H28FIN4O2. The van der Waals surface area contributed by atoms with Gasteiger partial charge in [0.2, 0.25) is 0 Å². The third-order valence-corrected chi connectivity index (χ3v) is 4.93. The predicted molar refractivity (Wildman–Crippen MR) is 127 cm³/mol. The lowest BCUT2D eigenvalue weighted by Crippen LogP contribution is -2.41. The lowest BCUT2D eigenvalue weighted by molar-refractivity contribution is -0.119. The van der Waals surface area contributed by atoms with Crippen LogP contribution in [0.3, 0.4) is 0 Å². The predicted octanol–water partition coefficient (Wildman–Crippen LogP) is 3.09. The van der Waals surface area contributed by atoms with Crippen molar-refractivity contribution in [3.05, 3.63) is 65.5 Å². The first-order valence-electron chi connectivity index (χ1n) is 9.79. The lowest BCUT2D eigenvalue weighted by Gasteiger charge is -2.19. The maximum absolute atomic E-state index is 13.6. The summed E-state index contributed by atoms with van der Waals surface area (Å²) in [6.07, 6.45) is 2.06. The highest BCUT2D eigenvalue weighted by molar-refractivity contribution is 14.0. The molecule has 3 rings (SSSR count). The van der Waals surface area contributed by atoms with Crippen molar-refractivity contribution in [3.63, 3.8) is 0 Å². The van der Waals surface area contributed by atoms with Gasteiger partial charge in [0.25, 0.3) is 5.91 Å². The zero-order chi connectivity index (χ0) is 20.7. The molecule has 0 aromatic heterocycles. The Hall–Kier alpha value is -2.36. The maximum Gasteiger partial charge on any atom is 0.255 e. The monoisotopic (exact) mass is 526 g/mol. The molecule has 1 amide bonds. The van der Waals surface area contributed by atoms with E-state index >= 15 is 0 Å². The standard InChI is InChI=1S/C22H27FN4O2.HI/c1-2-25-21(26-13-16-5-3-8-19(11-16)29-14-20(24)28)27-15-22(9-10-22)17-6-4-7-18(23)12-17;/h3-8,11-12H,2,9-10,13-15H2,1H3,(H2,24,28)(H2,25,26,27);1H. The molecule has 1 aliphatic carbocycles. The molecular weight excluding hydrogens is 498 g/mol. The van der Waals surface area contributed by atoms with Crippen LogP contribution in [0.2, 0.25) is 0 Å². The Kier molecular flexibility index (Phi) is 8.88. The molecule has 1 aliphatic rings. The van der Waals surface area contributed by atoms with E-state index in [1.54, 1.807) is 18.2 Å². The minimum Gasteiger partial charge on any atom is -0.484 e. The number of carbonyl (C=O) groups is 1. The number of hydrogen-bond acceptors (Lipinski definition) is 3. The second kappa shape index (κ2) is 11.1. The van der Waals surface area contributed by atoms with E-state index < -0.39 is 5.91 Å². The van der Waals surface area contributed by atoms with Crippen LogP contribution in [0.5, 0.6) is 5.75 Å². The fourth-order valence-corrected chi connectivity index (χ4v) is 3.19. The fourth-order valence-electron chi connectivity index (χ4n) is 3.19. The highest BCUT2D eigenvalue weighted by Crippen LogP contribution is 2.47. The van der Waals surface area contributed by atoms with Gasteiger partial charge in [0.05, 0.1) is 6.54 Å². The van der Waals surface area contributed by atoms with Gasteiger partial charge in [-0.15, -0.1) is 24.0 Å². The van der Waals surface area contributed by atoms with Gasteiger partial charge in [-0.1, -0.05) is 24.3 Å². The minimum atomic E-state index is -0.514. The van der Waals surface area contributed by atoms with E-state index in [9.17, 15) is 9.18 Å². The van der Waals surface area contributed by atoms with Gasteiger partial charge in [-0.3, -0.25) is 4.79 Å². The van der Waals surface area contributed by atoms with Crippen LogP contribution in [-0.2, 0) is 16.8 Å². The minimum absolute atomic E-state index is 0. The van der Waals surface area contributed by atoms with Crippen LogP contribution in [0.25, 0.3) is 0 Å². The van der Waals surface area contributed by atoms with Crippen LogP contribution >= 0.6 is 24.0 Å². The summed E-state index contributed by atoms with van der Waals surface area (Å²) >= 11 is 0. The molecule has 0 heterocycles. The van der Waals surface area contributed by atoms with Gasteiger partial charge in [-0.2, -0.15) is 0 Å². The van der Waals surface area contributed by atoms with Crippen molar-refractivity contribution in [3.8, 4) is 5.75 Å². The summed E-state index contributed by atoms with van der Waals surface area (Å²) < 4.78 is 18.9. The maximum atomic E-state index is 13.6. The number of carbonyl (C=O) groups excluding carboxylic acids is 1. The van der Waals surface area contributed by atoms with Crippen LogP contribution < -0.4 is 21.1 Å². The smallest absolute Gasteiger partial charge is 0.255 e. The third kappa shape index (κ3) is 6.86. The Morgan fingerprint density at radius 3 is 2.63 bits per heavy atom. The Morgan fingerprint density at radius 2 is 1.97 bits per heavy atom. The largest absolute Gasteiger partial charge is 0.484 e. The first-order valence-corrected chi connectivity index (χ1v) is 9.79. The SMILES string of the molecule is CCNC(=NCc1cccc(OCC(N)=O)c1)NCC1(c2cccc(F)c2)CC1.I. The molecule has 4 N–H and O–H groups in total. The van der Waals surface area contributed by atoms with Gasteiger partial charge in [0, 0.05) is 18.5 Å². The summed E-state index contributed by atoms with van der Waals surface area (Å²) in [4.78, 5) is 15.5. The zero-order valence-electron chi connectivity index (χ0n) is 17.0. The van der Waals surface area contributed by atoms with Gasteiger partial charge in [-0.05, 0) is 55.2 Å². The molecule has 0 spiro atoms. The van der Waals surface area contributed by atoms with Crippen LogP contribution in [0.4, 0.5) is 4.39 Å². The first kappa shape index (κ1) is 23.9. The molecule has 1 fully saturated rings. The molecule has 2 aromatic rings. The summed E-state index contributed by atoms with van der Waals surface area (Å²) in [7, 11) is 0. The molecule has 0 unspecified atom stereocenters. The number of benzene rings is 2. The van der Waals surface area contributed by atoms with Crippen LogP contribution in [0, 0.1) is 5.82 Å². The third-order valence-electron chi connectivity index (χ3n) is 4.93. The average molecular weight is 526 g/mol. The van der Waals surface area contributed by atoms with Crippen molar-refractivity contribution in [1.29, 1.82) is 0 Å². The zero-order valence-corrected chi connectivity index (χ0v) is 19.3. The molecule has 0 saturated heterocycles. The normalized spacial score (nSPS) is 14.4. The van der Waals surface area contributed by atoms with Crippen molar-refractivity contribution in [2.75, 3.05) is 19.7 Å². The fraction of sp³-hybridized carbons (Fsp3) is 0.364. The highest BCUT2D eigenvalue weighted by atomic mass is 127. The van der Waals surface area contributed by atoms with Gasteiger partial charge >= 0.3 is 0 Å². The summed E-state index contributed by atoms with van der Waals surface area (Å²) in [5, 5.41) is 6.63. The molecule has 0 aliphatic heterocycles. The quantitative estimate of drug-likeness (QED) is 0.266. The summed E-state index contributed by atoms with van der Waals surface area (Å²) in [6.45, 7) is 3.74. The summed E-state index contributed by atoms with van der Waals surface area (Å²) in [5.74, 6) is 0.572. The number of ether oxygens (including phenoxy) is 1. The molecule has 8 heteroatoms. The second-order valence-electron chi connectivity index (χ2n) is 7.24. The van der Waals surface area contributed by atoms with E-state index in [1.165, 1.54) is 6.07 Å². The number of guanidine groups is 1. The van der Waals surface area contributed by atoms with E-state index in [0.29, 0.717) is 24.8 Å². The number of nitrogens with two attached hydrogens (primary N) is 1. The number of amides is 1. The molecule has 6 nitrogen and oxygen atoms in total. The number of aliphatic imine (C=N–C) groups is 1. The van der Waals surface area contributed by atoms with Crippen molar-refractivity contribution in [2.45, 2.75) is 31.7 Å². The van der Waals surface area contributed by atoms with Gasteiger partial charge in [-0.25, -0.2) is 9.38 Å². The van der Waals surface area contributed by atoms with Crippen molar-refractivity contribution >= 4 is 35.8 Å². The van der Waals surface area contributed by atoms with E-state index in [-0.39, 0.29) is 41.8 Å². The Morgan fingerprint density at radius 1 is 1.20 bits per heavy atom. The molecule has 0 bridgehead atoms. The number of nitrogens with zero attached hydrogens (tertiary/aromatic N) is 1. The topological polar surface area (TPSA) is 88.7 Å². The molecule has 30 heavy (non-hydrogen) atoms. The molecule has 0 radical (unpaired) electrons. The lowest BCUT2D eigenvalue weighted by atomic mass is 9.96. The van der Waals surface area contributed by atoms with Crippen molar-refractivity contribution < 1.29 is 13.9 Å². The Labute approximate surface area is 193 Å². The second-order valence-corrected chi connectivity index (χ2v) is 7.24. The number of rotatable bonds is 9. The van der Waals surface area contributed by atoms with Gasteiger partial charge < -0.3 is 21.1 Å². The summed E-state index contributed by atoms with van der Waals surface area (Å²) in [6, 6.07) is 14.2. The summed E-state index contributed by atoms with van der Waals surface area (Å²) in [5.41, 5.74) is 7.07. The average Bonchev–Trinajstić information content (AvgIpc) is 3.50. The van der Waals surface area contributed by atoms with Crippen molar-refractivity contribution in [2.24, 2.45) is 10.7 Å². The van der Waals surface area contributed by atoms with E-state index in [0.717, 1.165) is 30.5 Å². The van der Waals surface area contributed by atoms with E-state index in [1.807, 2.05) is 31.2 Å². The van der Waals surface area contributed by atoms with Crippen molar-refractivity contribution in [1.82, 2.24) is 10.6 Å². The number of halogens is 2. The number of hydrogen-bond donors (Lipinski definition) is 3. The van der Waals surface area contributed by atoms with Gasteiger partial charge in [0.15, 0.2) is 12.6 Å². The number of primary amides is 1. The first-order chi connectivity index (χ1) is 14.0. The Bertz CT molecular complexity index is 887. The molecule has 0 atom stereocenters. The highest BCUT2D eigenvalue weighted by Gasteiger charge is 2.44. The number of nitrogens with one attached hydrogen (secondary N) is 2.